The van der Waals surface area contributed by atoms with E-state index in [4.69, 9.17) is 16.3 Å². The van der Waals surface area contributed by atoms with Crippen molar-refractivity contribution in [2.45, 2.75) is 44.8 Å². The fraction of sp³-hybridized carbons (Fsp3) is 0.538. The van der Waals surface area contributed by atoms with Gasteiger partial charge in [0.05, 0.1) is 17.2 Å². The Bertz CT molecular complexity index is 357. The maximum absolute atomic E-state index is 9.40. The predicted molar refractivity (Wildman–Crippen MR) is 65.1 cm³/mol. The Hall–Kier alpha value is -0.730. The highest BCUT2D eigenvalue weighted by Gasteiger charge is 2.21. The summed E-state index contributed by atoms with van der Waals surface area (Å²) in [5, 5.41) is 10.1. The number of ether oxygens (including phenoxy) is 1. The smallest absolute Gasteiger partial charge is 0.138 e. The van der Waals surface area contributed by atoms with Crippen molar-refractivity contribution < 1.29 is 9.84 Å². The standard InChI is InChI=1S/C13H17ClO2/c1-9-2-7-13(12(14)8-9)16-11-5-3-10(15)4-6-11/h2,7-8,10-11,15H,3-6H2,1H3. The van der Waals surface area contributed by atoms with Gasteiger partial charge in [-0.25, -0.2) is 0 Å². The van der Waals surface area contributed by atoms with Crippen molar-refractivity contribution in [2.75, 3.05) is 0 Å². The molecule has 0 aliphatic heterocycles. The highest BCUT2D eigenvalue weighted by atomic mass is 35.5. The Balaban J connectivity index is 1.98. The van der Waals surface area contributed by atoms with Crippen molar-refractivity contribution in [2.24, 2.45) is 0 Å². The molecule has 2 nitrogen and oxygen atoms in total. The van der Waals surface area contributed by atoms with E-state index in [-0.39, 0.29) is 12.2 Å². The fourth-order valence-corrected chi connectivity index (χ4v) is 2.32. The second kappa shape index (κ2) is 5.07. The summed E-state index contributed by atoms with van der Waals surface area (Å²) in [7, 11) is 0. The monoisotopic (exact) mass is 240 g/mol. The van der Waals surface area contributed by atoms with Gasteiger partial charge in [0.25, 0.3) is 0 Å². The Morgan fingerprint density at radius 2 is 1.94 bits per heavy atom. The molecular weight excluding hydrogens is 224 g/mol. The first-order valence-corrected chi connectivity index (χ1v) is 6.14. The zero-order valence-corrected chi connectivity index (χ0v) is 10.2. The molecule has 0 aromatic heterocycles. The van der Waals surface area contributed by atoms with Crippen molar-refractivity contribution in [3.05, 3.63) is 28.8 Å². The third-order valence-corrected chi connectivity index (χ3v) is 3.32. The molecule has 1 fully saturated rings. The molecule has 3 heteroatoms. The summed E-state index contributed by atoms with van der Waals surface area (Å²) in [6, 6.07) is 5.83. The zero-order valence-electron chi connectivity index (χ0n) is 9.45. The molecule has 1 aromatic carbocycles. The van der Waals surface area contributed by atoms with Crippen LogP contribution in [0, 0.1) is 6.92 Å². The molecule has 0 atom stereocenters. The Labute approximate surface area is 101 Å². The summed E-state index contributed by atoms with van der Waals surface area (Å²) >= 11 is 6.10. The summed E-state index contributed by atoms with van der Waals surface area (Å²) in [5.41, 5.74) is 1.14. The Morgan fingerprint density at radius 3 is 2.56 bits per heavy atom. The van der Waals surface area contributed by atoms with Gasteiger partial charge in [-0.1, -0.05) is 17.7 Å². The van der Waals surface area contributed by atoms with E-state index in [0.717, 1.165) is 37.0 Å². The quantitative estimate of drug-likeness (QED) is 0.859. The molecule has 0 amide bonds. The van der Waals surface area contributed by atoms with Crippen molar-refractivity contribution in [1.82, 2.24) is 0 Å². The van der Waals surface area contributed by atoms with E-state index in [1.54, 1.807) is 0 Å². The number of aryl methyl sites for hydroxylation is 1. The number of hydrogen-bond acceptors (Lipinski definition) is 2. The average Bonchev–Trinajstić information content (AvgIpc) is 2.25. The van der Waals surface area contributed by atoms with Crippen LogP contribution in [-0.2, 0) is 0 Å². The first kappa shape index (κ1) is 11.7. The maximum atomic E-state index is 9.40. The minimum absolute atomic E-state index is 0.145. The highest BCUT2D eigenvalue weighted by molar-refractivity contribution is 6.32. The first-order chi connectivity index (χ1) is 7.65. The molecular formula is C13H17ClO2. The van der Waals surface area contributed by atoms with Crippen LogP contribution in [-0.4, -0.2) is 17.3 Å². The molecule has 0 unspecified atom stereocenters. The van der Waals surface area contributed by atoms with Gasteiger partial charge in [0.1, 0.15) is 5.75 Å². The van der Waals surface area contributed by atoms with Gasteiger partial charge >= 0.3 is 0 Å². The fourth-order valence-electron chi connectivity index (χ4n) is 2.04. The molecule has 1 aliphatic carbocycles. The van der Waals surface area contributed by atoms with Gasteiger partial charge in [0.2, 0.25) is 0 Å². The molecule has 0 radical (unpaired) electrons. The Kier molecular flexibility index (Phi) is 3.72. The summed E-state index contributed by atoms with van der Waals surface area (Å²) in [6.45, 7) is 2.01. The molecule has 0 bridgehead atoms. The molecule has 88 valence electrons. The second-order valence-corrected chi connectivity index (χ2v) is 4.89. The van der Waals surface area contributed by atoms with Crippen LogP contribution in [0.25, 0.3) is 0 Å². The van der Waals surface area contributed by atoms with Crippen LogP contribution in [0.15, 0.2) is 18.2 Å². The van der Waals surface area contributed by atoms with Crippen LogP contribution in [0.2, 0.25) is 5.02 Å². The van der Waals surface area contributed by atoms with Crippen LogP contribution in [0.3, 0.4) is 0 Å². The third kappa shape index (κ3) is 2.89. The molecule has 2 rings (SSSR count). The SMILES string of the molecule is Cc1ccc(OC2CCC(O)CC2)c(Cl)c1. The lowest BCUT2D eigenvalue weighted by Crippen LogP contribution is -2.26. The average molecular weight is 241 g/mol. The molecule has 16 heavy (non-hydrogen) atoms. The lowest BCUT2D eigenvalue weighted by molar-refractivity contribution is 0.0666. The van der Waals surface area contributed by atoms with E-state index in [1.165, 1.54) is 0 Å². The van der Waals surface area contributed by atoms with Crippen LogP contribution >= 0.6 is 11.6 Å². The normalized spacial score (nSPS) is 25.4. The van der Waals surface area contributed by atoms with Crippen LogP contribution in [0.1, 0.15) is 31.2 Å². The van der Waals surface area contributed by atoms with Crippen molar-refractivity contribution in [3.63, 3.8) is 0 Å². The van der Waals surface area contributed by atoms with E-state index in [2.05, 4.69) is 0 Å². The molecule has 0 spiro atoms. The van der Waals surface area contributed by atoms with E-state index in [0.29, 0.717) is 5.02 Å². The van der Waals surface area contributed by atoms with Gasteiger partial charge in [-0.05, 0) is 50.3 Å². The molecule has 0 saturated heterocycles. The number of aliphatic hydroxyl groups is 1. The molecule has 1 saturated carbocycles. The molecule has 1 aromatic rings. The minimum Gasteiger partial charge on any atom is -0.489 e. The minimum atomic E-state index is -0.145. The topological polar surface area (TPSA) is 29.5 Å². The largest absolute Gasteiger partial charge is 0.489 e. The number of halogens is 1. The first-order valence-electron chi connectivity index (χ1n) is 5.76. The summed E-state index contributed by atoms with van der Waals surface area (Å²) in [6.07, 6.45) is 3.52. The van der Waals surface area contributed by atoms with Gasteiger partial charge in [-0.2, -0.15) is 0 Å². The summed E-state index contributed by atoms with van der Waals surface area (Å²) < 4.78 is 5.85. The van der Waals surface area contributed by atoms with Gasteiger partial charge in [-0.15, -0.1) is 0 Å². The van der Waals surface area contributed by atoms with E-state index < -0.39 is 0 Å². The van der Waals surface area contributed by atoms with E-state index >= 15 is 0 Å². The zero-order chi connectivity index (χ0) is 11.5. The van der Waals surface area contributed by atoms with Crippen molar-refractivity contribution in [3.8, 4) is 5.75 Å². The molecule has 1 aliphatic rings. The molecule has 0 heterocycles. The van der Waals surface area contributed by atoms with E-state index in [9.17, 15) is 5.11 Å². The highest BCUT2D eigenvalue weighted by Crippen LogP contribution is 2.29. The van der Waals surface area contributed by atoms with Crippen LogP contribution < -0.4 is 4.74 Å². The van der Waals surface area contributed by atoms with E-state index in [1.807, 2.05) is 25.1 Å². The van der Waals surface area contributed by atoms with Crippen molar-refractivity contribution in [1.29, 1.82) is 0 Å². The van der Waals surface area contributed by atoms with Gasteiger partial charge in [-0.3, -0.25) is 0 Å². The van der Waals surface area contributed by atoms with Crippen LogP contribution in [0.4, 0.5) is 0 Å². The van der Waals surface area contributed by atoms with Crippen molar-refractivity contribution >= 4 is 11.6 Å². The lowest BCUT2D eigenvalue weighted by Gasteiger charge is -2.26. The van der Waals surface area contributed by atoms with Gasteiger partial charge in [0, 0.05) is 0 Å². The number of hydrogen-bond donors (Lipinski definition) is 1. The lowest BCUT2D eigenvalue weighted by atomic mass is 9.95. The third-order valence-electron chi connectivity index (χ3n) is 3.02. The summed E-state index contributed by atoms with van der Waals surface area (Å²) in [5.74, 6) is 0.758. The molecule has 1 N–H and O–H groups in total. The van der Waals surface area contributed by atoms with Crippen LogP contribution in [0.5, 0.6) is 5.75 Å². The Morgan fingerprint density at radius 1 is 1.25 bits per heavy atom. The summed E-state index contributed by atoms with van der Waals surface area (Å²) in [4.78, 5) is 0. The number of aliphatic hydroxyl groups excluding tert-OH is 1. The van der Waals surface area contributed by atoms with Gasteiger partial charge < -0.3 is 9.84 Å². The number of benzene rings is 1. The number of rotatable bonds is 2. The maximum Gasteiger partial charge on any atom is 0.138 e. The second-order valence-electron chi connectivity index (χ2n) is 4.48. The predicted octanol–water partition coefficient (Wildman–Crippen LogP) is 3.33. The van der Waals surface area contributed by atoms with Gasteiger partial charge in [0.15, 0.2) is 0 Å².